The Bertz CT molecular complexity index is 87.1. The number of rotatable bonds is 1. The van der Waals surface area contributed by atoms with Crippen molar-refractivity contribution in [3.63, 3.8) is 0 Å². The van der Waals surface area contributed by atoms with E-state index in [1.165, 1.54) is 0 Å². The summed E-state index contributed by atoms with van der Waals surface area (Å²) in [4.78, 5) is 2.19. The fourth-order valence-corrected chi connectivity index (χ4v) is 1.06. The number of nitrogens with two attached hydrogens (primary N) is 1. The summed E-state index contributed by atoms with van der Waals surface area (Å²) in [7, 11) is 0. The van der Waals surface area contributed by atoms with E-state index in [9.17, 15) is 0 Å². The monoisotopic (exact) mass is 130 g/mol. The van der Waals surface area contributed by atoms with Crippen LogP contribution in [0.25, 0.3) is 0 Å². The van der Waals surface area contributed by atoms with Crippen molar-refractivity contribution in [1.29, 1.82) is 0 Å². The first-order valence-electron chi connectivity index (χ1n) is 3.37. The predicted octanol–water partition coefficient (Wildman–Crippen LogP) is -0.377. The van der Waals surface area contributed by atoms with Gasteiger partial charge in [0.15, 0.2) is 0 Å². The lowest BCUT2D eigenvalue weighted by atomic mass is 10.3. The molecule has 1 aliphatic heterocycles. The van der Waals surface area contributed by atoms with Crippen LogP contribution in [0.2, 0.25) is 0 Å². The van der Waals surface area contributed by atoms with E-state index in [1.54, 1.807) is 0 Å². The van der Waals surface area contributed by atoms with Crippen molar-refractivity contribution in [2.75, 3.05) is 26.4 Å². The zero-order chi connectivity index (χ0) is 6.69. The Morgan fingerprint density at radius 3 is 3.00 bits per heavy atom. The SMILES string of the molecule is CC1CN(CN)CCO1. The number of hydrogen-bond acceptors (Lipinski definition) is 3. The highest BCUT2D eigenvalue weighted by Gasteiger charge is 2.13. The van der Waals surface area contributed by atoms with Crippen LogP contribution in [0.15, 0.2) is 0 Å². The second kappa shape index (κ2) is 3.15. The molecule has 0 bridgehead atoms. The second-order valence-electron chi connectivity index (χ2n) is 2.44. The van der Waals surface area contributed by atoms with Crippen molar-refractivity contribution in [2.45, 2.75) is 13.0 Å². The van der Waals surface area contributed by atoms with Gasteiger partial charge >= 0.3 is 0 Å². The van der Waals surface area contributed by atoms with E-state index in [0.29, 0.717) is 12.8 Å². The van der Waals surface area contributed by atoms with Crippen LogP contribution < -0.4 is 5.73 Å². The van der Waals surface area contributed by atoms with Crippen molar-refractivity contribution >= 4 is 0 Å². The summed E-state index contributed by atoms with van der Waals surface area (Å²) < 4.78 is 5.31. The molecule has 0 radical (unpaired) electrons. The fraction of sp³-hybridized carbons (Fsp3) is 1.00. The summed E-state index contributed by atoms with van der Waals surface area (Å²) in [6.45, 7) is 5.53. The van der Waals surface area contributed by atoms with Crippen LogP contribution in [0.5, 0.6) is 0 Å². The van der Waals surface area contributed by atoms with Gasteiger partial charge in [-0.2, -0.15) is 0 Å². The first-order chi connectivity index (χ1) is 4.33. The topological polar surface area (TPSA) is 38.5 Å². The summed E-state index contributed by atoms with van der Waals surface area (Å²) in [5.74, 6) is 0. The average Bonchev–Trinajstić information content (AvgIpc) is 1.88. The molecule has 1 atom stereocenters. The predicted molar refractivity (Wildman–Crippen MR) is 36.0 cm³/mol. The largest absolute Gasteiger partial charge is 0.376 e. The molecule has 9 heavy (non-hydrogen) atoms. The second-order valence-corrected chi connectivity index (χ2v) is 2.44. The summed E-state index contributed by atoms with van der Waals surface area (Å²) in [5, 5.41) is 0. The van der Waals surface area contributed by atoms with Gasteiger partial charge in [0.05, 0.1) is 12.7 Å². The normalized spacial score (nSPS) is 30.7. The molecule has 0 aromatic heterocycles. The fourth-order valence-electron chi connectivity index (χ4n) is 1.06. The summed E-state index contributed by atoms with van der Waals surface area (Å²) >= 11 is 0. The molecule has 0 amide bonds. The number of nitrogens with zero attached hydrogens (tertiary/aromatic N) is 1. The molecule has 1 heterocycles. The third-order valence-corrected chi connectivity index (χ3v) is 1.58. The lowest BCUT2D eigenvalue weighted by Crippen LogP contribution is -2.43. The molecule has 0 aromatic carbocycles. The minimum atomic E-state index is 0.363. The summed E-state index contributed by atoms with van der Waals surface area (Å²) in [6, 6.07) is 0. The van der Waals surface area contributed by atoms with E-state index in [1.807, 2.05) is 0 Å². The van der Waals surface area contributed by atoms with Crippen LogP contribution in [0.4, 0.5) is 0 Å². The van der Waals surface area contributed by atoms with Crippen molar-refractivity contribution in [3.05, 3.63) is 0 Å². The number of ether oxygens (including phenoxy) is 1. The Labute approximate surface area is 55.8 Å². The lowest BCUT2D eigenvalue weighted by molar-refractivity contribution is -0.0172. The van der Waals surface area contributed by atoms with Gasteiger partial charge in [-0.3, -0.25) is 4.90 Å². The maximum atomic E-state index is 5.44. The third-order valence-electron chi connectivity index (χ3n) is 1.58. The standard InChI is InChI=1S/C6H14N2O/c1-6-4-8(5-7)2-3-9-6/h6H,2-5,7H2,1H3. The molecule has 1 rings (SSSR count). The molecule has 54 valence electrons. The van der Waals surface area contributed by atoms with E-state index in [0.717, 1.165) is 19.7 Å². The van der Waals surface area contributed by atoms with Crippen molar-refractivity contribution < 1.29 is 4.74 Å². The molecule has 0 aromatic rings. The van der Waals surface area contributed by atoms with Crippen LogP contribution in [0, 0.1) is 0 Å². The maximum absolute atomic E-state index is 5.44. The summed E-state index contributed by atoms with van der Waals surface area (Å²) in [6.07, 6.45) is 0.363. The molecular weight excluding hydrogens is 116 g/mol. The van der Waals surface area contributed by atoms with E-state index in [2.05, 4.69) is 11.8 Å². The highest BCUT2D eigenvalue weighted by atomic mass is 16.5. The van der Waals surface area contributed by atoms with Crippen molar-refractivity contribution in [2.24, 2.45) is 5.73 Å². The van der Waals surface area contributed by atoms with E-state index < -0.39 is 0 Å². The molecule has 2 N–H and O–H groups in total. The molecule has 3 nitrogen and oxygen atoms in total. The average molecular weight is 130 g/mol. The third kappa shape index (κ3) is 1.93. The van der Waals surface area contributed by atoms with Crippen LogP contribution in [0.1, 0.15) is 6.92 Å². The van der Waals surface area contributed by atoms with E-state index in [-0.39, 0.29) is 0 Å². The van der Waals surface area contributed by atoms with Gasteiger partial charge in [0.1, 0.15) is 0 Å². The van der Waals surface area contributed by atoms with Gasteiger partial charge in [-0.1, -0.05) is 0 Å². The van der Waals surface area contributed by atoms with Crippen LogP contribution in [0.3, 0.4) is 0 Å². The first kappa shape index (κ1) is 6.99. The van der Waals surface area contributed by atoms with Gasteiger partial charge in [0.25, 0.3) is 0 Å². The molecule has 1 saturated heterocycles. The number of morpholine rings is 1. The quantitative estimate of drug-likeness (QED) is 0.526. The minimum Gasteiger partial charge on any atom is -0.376 e. The Morgan fingerprint density at radius 1 is 1.78 bits per heavy atom. The molecule has 0 spiro atoms. The maximum Gasteiger partial charge on any atom is 0.0675 e. The van der Waals surface area contributed by atoms with Gasteiger partial charge < -0.3 is 10.5 Å². The Kier molecular flexibility index (Phi) is 2.45. The van der Waals surface area contributed by atoms with Gasteiger partial charge in [-0.15, -0.1) is 0 Å². The van der Waals surface area contributed by atoms with Gasteiger partial charge in [0.2, 0.25) is 0 Å². The molecular formula is C6H14N2O. The Balaban J connectivity index is 2.23. The zero-order valence-corrected chi connectivity index (χ0v) is 5.84. The summed E-state index contributed by atoms with van der Waals surface area (Å²) in [5.41, 5.74) is 5.44. The zero-order valence-electron chi connectivity index (χ0n) is 5.84. The molecule has 1 fully saturated rings. The van der Waals surface area contributed by atoms with Gasteiger partial charge in [-0.05, 0) is 6.92 Å². The van der Waals surface area contributed by atoms with Crippen molar-refractivity contribution in [1.82, 2.24) is 4.90 Å². The highest BCUT2D eigenvalue weighted by molar-refractivity contribution is 4.65. The smallest absolute Gasteiger partial charge is 0.0675 e. The Morgan fingerprint density at radius 2 is 2.56 bits per heavy atom. The van der Waals surface area contributed by atoms with Gasteiger partial charge in [-0.25, -0.2) is 0 Å². The van der Waals surface area contributed by atoms with Crippen molar-refractivity contribution in [3.8, 4) is 0 Å². The molecule has 1 aliphatic rings. The van der Waals surface area contributed by atoms with E-state index in [4.69, 9.17) is 10.5 Å². The lowest BCUT2D eigenvalue weighted by Gasteiger charge is -2.29. The van der Waals surface area contributed by atoms with Gasteiger partial charge in [0, 0.05) is 19.8 Å². The first-order valence-corrected chi connectivity index (χ1v) is 3.37. The Hall–Kier alpha value is -0.120. The van der Waals surface area contributed by atoms with E-state index >= 15 is 0 Å². The molecule has 3 heteroatoms. The van der Waals surface area contributed by atoms with Crippen LogP contribution >= 0.6 is 0 Å². The molecule has 0 saturated carbocycles. The number of hydrogen-bond donors (Lipinski definition) is 1. The van der Waals surface area contributed by atoms with Crippen LogP contribution in [-0.4, -0.2) is 37.4 Å². The minimum absolute atomic E-state index is 0.363. The van der Waals surface area contributed by atoms with Crippen LogP contribution in [-0.2, 0) is 4.74 Å². The highest BCUT2D eigenvalue weighted by Crippen LogP contribution is 2.01. The molecule has 1 unspecified atom stereocenters. The molecule has 0 aliphatic carbocycles.